The van der Waals surface area contributed by atoms with Crippen molar-refractivity contribution in [3.8, 4) is 0 Å². The molecule has 5 heteroatoms. The summed E-state index contributed by atoms with van der Waals surface area (Å²) in [7, 11) is 1.85. The van der Waals surface area contributed by atoms with Crippen LogP contribution >= 0.6 is 0 Å². The number of aliphatic hydroxyl groups excluding tert-OH is 1. The average molecular weight is 331 g/mol. The second kappa shape index (κ2) is 8.10. The summed E-state index contributed by atoms with van der Waals surface area (Å²) in [5.41, 5.74) is 0.943. The molecule has 0 aliphatic carbocycles. The molecule has 2 fully saturated rings. The fourth-order valence-corrected chi connectivity index (χ4v) is 4.00. The molecule has 2 aliphatic rings. The molecule has 1 aromatic rings. The highest BCUT2D eigenvalue weighted by Crippen LogP contribution is 2.23. The van der Waals surface area contributed by atoms with Gasteiger partial charge in [0, 0.05) is 31.4 Å². The Bertz CT molecular complexity index is 537. The van der Waals surface area contributed by atoms with Crippen molar-refractivity contribution in [3.63, 3.8) is 0 Å². The van der Waals surface area contributed by atoms with Crippen LogP contribution in [0.3, 0.4) is 0 Å². The van der Waals surface area contributed by atoms with Crippen molar-refractivity contribution < 1.29 is 9.90 Å². The molecule has 24 heavy (non-hydrogen) atoms. The molecule has 0 saturated carbocycles. The van der Waals surface area contributed by atoms with Gasteiger partial charge in [0.25, 0.3) is 0 Å². The normalized spacial score (nSPS) is 25.2. The van der Waals surface area contributed by atoms with Crippen LogP contribution in [0.1, 0.15) is 25.7 Å². The summed E-state index contributed by atoms with van der Waals surface area (Å²) in [5.74, 6) is 0.147. The van der Waals surface area contributed by atoms with Crippen LogP contribution in [0.15, 0.2) is 30.3 Å². The Balaban J connectivity index is 1.56. The van der Waals surface area contributed by atoms with Gasteiger partial charge in [-0.2, -0.15) is 0 Å². The number of nitrogens with zero attached hydrogens (tertiary/aromatic N) is 3. The summed E-state index contributed by atoms with van der Waals surface area (Å²) in [4.78, 5) is 19.1. The Morgan fingerprint density at radius 2 is 1.79 bits per heavy atom. The molecule has 5 nitrogen and oxygen atoms in total. The maximum Gasteiger partial charge on any atom is 0.240 e. The van der Waals surface area contributed by atoms with Gasteiger partial charge in [-0.25, -0.2) is 0 Å². The van der Waals surface area contributed by atoms with Crippen LogP contribution in [0.5, 0.6) is 0 Å². The van der Waals surface area contributed by atoms with Gasteiger partial charge >= 0.3 is 0 Å². The molecule has 0 spiro atoms. The Morgan fingerprint density at radius 3 is 2.50 bits per heavy atom. The van der Waals surface area contributed by atoms with Crippen molar-refractivity contribution in [3.05, 3.63) is 30.3 Å². The lowest BCUT2D eigenvalue weighted by atomic mass is 10.2. The number of hydrogen-bond acceptors (Lipinski definition) is 4. The van der Waals surface area contributed by atoms with Crippen molar-refractivity contribution in [2.75, 3.05) is 44.7 Å². The van der Waals surface area contributed by atoms with E-state index in [0.717, 1.165) is 44.6 Å². The Labute approximate surface area is 144 Å². The number of likely N-dealkylation sites (N-methyl/N-ethyl adjacent to an activating group) is 1. The van der Waals surface area contributed by atoms with Gasteiger partial charge in [-0.1, -0.05) is 18.2 Å². The highest BCUT2D eigenvalue weighted by molar-refractivity contribution is 5.94. The van der Waals surface area contributed by atoms with Gasteiger partial charge in [0.15, 0.2) is 0 Å². The number of para-hydroxylation sites is 1. The summed E-state index contributed by atoms with van der Waals surface area (Å²) < 4.78 is 0. The Morgan fingerprint density at radius 1 is 1.12 bits per heavy atom. The fourth-order valence-electron chi connectivity index (χ4n) is 4.00. The maximum atomic E-state index is 12.6. The third kappa shape index (κ3) is 3.97. The van der Waals surface area contributed by atoms with Gasteiger partial charge in [0.05, 0.1) is 13.2 Å². The highest BCUT2D eigenvalue weighted by atomic mass is 16.3. The van der Waals surface area contributed by atoms with Crippen molar-refractivity contribution >= 4 is 11.6 Å². The minimum absolute atomic E-state index is 0.147. The second-order valence-electron chi connectivity index (χ2n) is 7.03. The molecule has 132 valence electrons. The number of amides is 1. The van der Waals surface area contributed by atoms with Crippen LogP contribution in [0.2, 0.25) is 0 Å². The zero-order chi connectivity index (χ0) is 16.9. The molecular formula is C19H29N3O2. The van der Waals surface area contributed by atoms with Crippen LogP contribution in [-0.2, 0) is 4.79 Å². The number of carbonyl (C=O) groups excluding carboxylic acids is 1. The monoisotopic (exact) mass is 331 g/mol. The lowest BCUT2D eigenvalue weighted by Crippen LogP contribution is -2.46. The van der Waals surface area contributed by atoms with Crippen LogP contribution in [-0.4, -0.2) is 72.7 Å². The van der Waals surface area contributed by atoms with Gasteiger partial charge in [-0.05, 0) is 50.9 Å². The number of hydrogen-bond donors (Lipinski definition) is 1. The molecular weight excluding hydrogens is 302 g/mol. The van der Waals surface area contributed by atoms with Crippen LogP contribution < -0.4 is 4.90 Å². The number of aliphatic hydroxyl groups is 1. The lowest BCUT2D eigenvalue weighted by molar-refractivity contribution is -0.119. The molecule has 2 heterocycles. The fraction of sp³-hybridized carbons (Fsp3) is 0.632. The van der Waals surface area contributed by atoms with E-state index in [1.54, 1.807) is 4.90 Å². The first-order valence-electron chi connectivity index (χ1n) is 9.09. The van der Waals surface area contributed by atoms with E-state index in [4.69, 9.17) is 0 Å². The Kier molecular flexibility index (Phi) is 5.87. The van der Waals surface area contributed by atoms with E-state index < -0.39 is 0 Å². The molecule has 1 aromatic carbocycles. The molecule has 2 saturated heterocycles. The van der Waals surface area contributed by atoms with Crippen LogP contribution in [0, 0.1) is 0 Å². The van der Waals surface area contributed by atoms with Gasteiger partial charge in [-0.15, -0.1) is 0 Å². The van der Waals surface area contributed by atoms with Gasteiger partial charge in [0.1, 0.15) is 0 Å². The first-order chi connectivity index (χ1) is 11.7. The highest BCUT2D eigenvalue weighted by Gasteiger charge is 2.32. The van der Waals surface area contributed by atoms with Crippen LogP contribution in [0.4, 0.5) is 5.69 Å². The Hall–Kier alpha value is -1.43. The van der Waals surface area contributed by atoms with E-state index >= 15 is 0 Å². The van der Waals surface area contributed by atoms with E-state index in [-0.39, 0.29) is 12.5 Å². The minimum atomic E-state index is 0.147. The van der Waals surface area contributed by atoms with Crippen LogP contribution in [0.25, 0.3) is 0 Å². The molecule has 3 rings (SSSR count). The van der Waals surface area contributed by atoms with E-state index in [1.807, 2.05) is 37.4 Å². The maximum absolute atomic E-state index is 12.6. The molecule has 1 N–H and O–H groups in total. The van der Waals surface area contributed by atoms with E-state index in [0.29, 0.717) is 18.6 Å². The number of likely N-dealkylation sites (tertiary alicyclic amines) is 2. The number of anilines is 1. The van der Waals surface area contributed by atoms with Crippen molar-refractivity contribution in [1.29, 1.82) is 0 Å². The summed E-state index contributed by atoms with van der Waals surface area (Å²) >= 11 is 0. The SMILES string of the molecule is CN(C(=O)CN1CCCC1CN1CCCC1CO)c1ccccc1. The second-order valence-corrected chi connectivity index (χ2v) is 7.03. The van der Waals surface area contributed by atoms with Gasteiger partial charge in [0.2, 0.25) is 5.91 Å². The largest absolute Gasteiger partial charge is 0.395 e. The predicted molar refractivity (Wildman–Crippen MR) is 96.1 cm³/mol. The van der Waals surface area contributed by atoms with E-state index in [1.165, 1.54) is 6.42 Å². The summed E-state index contributed by atoms with van der Waals surface area (Å²) in [6.45, 7) is 3.79. The van der Waals surface area contributed by atoms with Gasteiger partial charge < -0.3 is 10.0 Å². The molecule has 0 aromatic heterocycles. The predicted octanol–water partition coefficient (Wildman–Crippen LogP) is 1.57. The molecule has 1 amide bonds. The number of rotatable bonds is 6. The summed E-state index contributed by atoms with van der Waals surface area (Å²) in [6, 6.07) is 10.6. The zero-order valence-electron chi connectivity index (χ0n) is 14.6. The standard InChI is InChI=1S/C19H29N3O2/c1-20(16-7-3-2-4-8-16)19(24)14-22-12-5-9-17(22)13-21-11-6-10-18(21)15-23/h2-4,7-8,17-18,23H,5-6,9-15H2,1H3. The molecule has 2 aliphatic heterocycles. The number of carbonyl (C=O) groups is 1. The summed E-state index contributed by atoms with van der Waals surface area (Å²) in [5, 5.41) is 9.50. The first-order valence-corrected chi connectivity index (χ1v) is 9.09. The first kappa shape index (κ1) is 17.4. The molecule has 0 radical (unpaired) electrons. The summed E-state index contributed by atoms with van der Waals surface area (Å²) in [6.07, 6.45) is 4.58. The molecule has 0 bridgehead atoms. The molecule has 2 atom stereocenters. The molecule has 2 unspecified atom stereocenters. The van der Waals surface area contributed by atoms with Gasteiger partial charge in [-0.3, -0.25) is 14.6 Å². The minimum Gasteiger partial charge on any atom is -0.395 e. The third-order valence-corrected chi connectivity index (χ3v) is 5.51. The number of benzene rings is 1. The zero-order valence-corrected chi connectivity index (χ0v) is 14.6. The van der Waals surface area contributed by atoms with E-state index in [2.05, 4.69) is 9.80 Å². The van der Waals surface area contributed by atoms with Crippen molar-refractivity contribution in [2.45, 2.75) is 37.8 Å². The van der Waals surface area contributed by atoms with Crippen molar-refractivity contribution in [1.82, 2.24) is 9.80 Å². The lowest BCUT2D eigenvalue weighted by Gasteiger charge is -2.31. The average Bonchev–Trinajstić information content (AvgIpc) is 3.24. The van der Waals surface area contributed by atoms with Crippen molar-refractivity contribution in [2.24, 2.45) is 0 Å². The quantitative estimate of drug-likeness (QED) is 0.860. The smallest absolute Gasteiger partial charge is 0.240 e. The van der Waals surface area contributed by atoms with E-state index in [9.17, 15) is 9.90 Å². The third-order valence-electron chi connectivity index (χ3n) is 5.51. The topological polar surface area (TPSA) is 47.0 Å².